The fourth-order valence-corrected chi connectivity index (χ4v) is 2.80. The molecule has 2 amide bonds. The van der Waals surface area contributed by atoms with Crippen molar-refractivity contribution in [2.75, 3.05) is 26.5 Å². The van der Waals surface area contributed by atoms with E-state index < -0.39 is 0 Å². The van der Waals surface area contributed by atoms with E-state index in [2.05, 4.69) is 26.6 Å². The zero-order valence-corrected chi connectivity index (χ0v) is 17.6. The molecule has 0 bridgehead atoms. The van der Waals surface area contributed by atoms with Crippen LogP contribution in [0.15, 0.2) is 46.9 Å². The molecule has 2 aromatic rings. The smallest absolute Gasteiger partial charge is 0.261 e. The number of hydrogen-bond donors (Lipinski definition) is 2. The second kappa shape index (κ2) is 9.48. The molecule has 0 aliphatic rings. The minimum Gasteiger partial charge on any atom is -0.496 e. The molecule has 0 aliphatic carbocycles. The Balaban J connectivity index is 1.98. The summed E-state index contributed by atoms with van der Waals surface area (Å²) < 4.78 is 5.97. The molecule has 27 heavy (non-hydrogen) atoms. The number of nitrogens with one attached hydrogen (secondary N) is 2. The molecular formula is C19H20BrN3O3S. The Morgan fingerprint density at radius 1 is 1.15 bits per heavy atom. The van der Waals surface area contributed by atoms with E-state index in [4.69, 9.17) is 17.0 Å². The van der Waals surface area contributed by atoms with Crippen LogP contribution in [0.1, 0.15) is 15.9 Å². The first-order valence-electron chi connectivity index (χ1n) is 8.05. The molecule has 0 unspecified atom stereocenters. The van der Waals surface area contributed by atoms with Crippen LogP contribution in [0.5, 0.6) is 5.75 Å². The van der Waals surface area contributed by atoms with Crippen LogP contribution in [0.4, 0.5) is 5.69 Å². The number of hydrogen-bond acceptors (Lipinski definition) is 4. The third-order valence-corrected chi connectivity index (χ3v) is 4.40. The van der Waals surface area contributed by atoms with Crippen molar-refractivity contribution < 1.29 is 14.3 Å². The van der Waals surface area contributed by atoms with Crippen LogP contribution in [-0.2, 0) is 11.2 Å². The molecule has 8 heteroatoms. The normalized spacial score (nSPS) is 10.1. The van der Waals surface area contributed by atoms with Gasteiger partial charge in [0.15, 0.2) is 5.11 Å². The van der Waals surface area contributed by atoms with Crippen molar-refractivity contribution in [2.24, 2.45) is 0 Å². The monoisotopic (exact) mass is 449 g/mol. The van der Waals surface area contributed by atoms with E-state index in [0.717, 1.165) is 10.0 Å². The standard InChI is InChI=1S/C19H20BrN3O3S/c1-23(2)17(24)10-12-4-7-14(8-5-12)21-19(27)22-18(25)15-11-13(20)6-9-16(15)26-3/h4-9,11H,10H2,1-3H3,(H2,21,22,25,27). The summed E-state index contributed by atoms with van der Waals surface area (Å²) in [7, 11) is 4.94. The largest absolute Gasteiger partial charge is 0.496 e. The predicted molar refractivity (Wildman–Crippen MR) is 113 cm³/mol. The van der Waals surface area contributed by atoms with Gasteiger partial charge in [-0.3, -0.25) is 14.9 Å². The molecule has 2 rings (SSSR count). The van der Waals surface area contributed by atoms with Crippen LogP contribution in [0.3, 0.4) is 0 Å². The Labute approximate surface area is 172 Å². The molecule has 0 atom stereocenters. The topological polar surface area (TPSA) is 70.7 Å². The van der Waals surface area contributed by atoms with Gasteiger partial charge in [-0.15, -0.1) is 0 Å². The molecule has 0 fully saturated rings. The summed E-state index contributed by atoms with van der Waals surface area (Å²) in [5.74, 6) is 0.105. The van der Waals surface area contributed by atoms with Crippen LogP contribution in [-0.4, -0.2) is 43.0 Å². The molecule has 0 saturated heterocycles. The molecule has 0 saturated carbocycles. The summed E-state index contributed by atoms with van der Waals surface area (Å²) in [6, 6.07) is 12.4. The van der Waals surface area contributed by atoms with Crippen molar-refractivity contribution in [2.45, 2.75) is 6.42 Å². The van der Waals surface area contributed by atoms with Crippen LogP contribution in [0.2, 0.25) is 0 Å². The van der Waals surface area contributed by atoms with Gasteiger partial charge in [0.25, 0.3) is 5.91 Å². The third kappa shape index (κ3) is 6.04. The Morgan fingerprint density at radius 2 is 1.81 bits per heavy atom. The van der Waals surface area contributed by atoms with Gasteiger partial charge in [-0.25, -0.2) is 0 Å². The van der Waals surface area contributed by atoms with E-state index in [-0.39, 0.29) is 16.9 Å². The van der Waals surface area contributed by atoms with Crippen molar-refractivity contribution in [3.63, 3.8) is 0 Å². The van der Waals surface area contributed by atoms with Crippen LogP contribution >= 0.6 is 28.1 Å². The number of carbonyl (C=O) groups is 2. The summed E-state index contributed by atoms with van der Waals surface area (Å²) in [4.78, 5) is 25.7. The number of likely N-dealkylation sites (N-methyl/N-ethyl adjacent to an activating group) is 1. The fourth-order valence-electron chi connectivity index (χ4n) is 2.23. The lowest BCUT2D eigenvalue weighted by molar-refractivity contribution is -0.127. The average molecular weight is 450 g/mol. The second-order valence-corrected chi connectivity index (χ2v) is 7.24. The molecule has 0 aromatic heterocycles. The molecule has 0 aliphatic heterocycles. The minimum atomic E-state index is -0.376. The van der Waals surface area contributed by atoms with Gasteiger partial charge in [0.2, 0.25) is 5.91 Å². The number of rotatable bonds is 5. The van der Waals surface area contributed by atoms with Gasteiger partial charge in [-0.1, -0.05) is 28.1 Å². The molecule has 0 radical (unpaired) electrons. The van der Waals surface area contributed by atoms with Crippen molar-refractivity contribution in [3.8, 4) is 5.75 Å². The minimum absolute atomic E-state index is 0.0291. The first-order valence-corrected chi connectivity index (χ1v) is 9.25. The zero-order chi connectivity index (χ0) is 20.0. The van der Waals surface area contributed by atoms with Crippen LogP contribution < -0.4 is 15.4 Å². The van der Waals surface area contributed by atoms with Gasteiger partial charge in [-0.2, -0.15) is 0 Å². The Morgan fingerprint density at radius 3 is 2.41 bits per heavy atom. The first-order chi connectivity index (χ1) is 12.8. The average Bonchev–Trinajstić information content (AvgIpc) is 2.63. The SMILES string of the molecule is COc1ccc(Br)cc1C(=O)NC(=S)Nc1ccc(CC(=O)N(C)C)cc1. The molecule has 0 heterocycles. The van der Waals surface area contributed by atoms with Gasteiger partial charge in [-0.05, 0) is 48.1 Å². The highest BCUT2D eigenvalue weighted by Gasteiger charge is 2.14. The molecular weight excluding hydrogens is 430 g/mol. The first kappa shape index (κ1) is 20.9. The highest BCUT2D eigenvalue weighted by atomic mass is 79.9. The third-order valence-electron chi connectivity index (χ3n) is 3.70. The Kier molecular flexibility index (Phi) is 7.32. The number of amides is 2. The number of anilines is 1. The lowest BCUT2D eigenvalue weighted by Crippen LogP contribution is -2.34. The summed E-state index contributed by atoms with van der Waals surface area (Å²) in [6.07, 6.45) is 0.330. The van der Waals surface area contributed by atoms with E-state index in [0.29, 0.717) is 23.4 Å². The van der Waals surface area contributed by atoms with Gasteiger partial charge >= 0.3 is 0 Å². The number of thiocarbonyl (C=S) groups is 1. The lowest BCUT2D eigenvalue weighted by atomic mass is 10.1. The van der Waals surface area contributed by atoms with Crippen molar-refractivity contribution >= 4 is 50.8 Å². The summed E-state index contributed by atoms with van der Waals surface area (Å²) in [5.41, 5.74) is 1.98. The van der Waals surface area contributed by atoms with Crippen molar-refractivity contribution in [3.05, 3.63) is 58.1 Å². The van der Waals surface area contributed by atoms with Gasteiger partial charge in [0.1, 0.15) is 5.75 Å². The quantitative estimate of drug-likeness (QED) is 0.685. The number of benzene rings is 2. The predicted octanol–water partition coefficient (Wildman–Crippen LogP) is 3.22. The molecule has 2 N–H and O–H groups in total. The highest BCUT2D eigenvalue weighted by molar-refractivity contribution is 9.10. The van der Waals surface area contributed by atoms with Gasteiger partial charge in [0, 0.05) is 24.3 Å². The molecule has 0 spiro atoms. The van der Waals surface area contributed by atoms with Crippen LogP contribution in [0.25, 0.3) is 0 Å². The maximum Gasteiger partial charge on any atom is 0.261 e. The van der Waals surface area contributed by atoms with E-state index >= 15 is 0 Å². The second-order valence-electron chi connectivity index (χ2n) is 5.91. The summed E-state index contributed by atoms with van der Waals surface area (Å²) in [6.45, 7) is 0. The maximum atomic E-state index is 12.4. The Bertz CT molecular complexity index is 854. The van der Waals surface area contributed by atoms with E-state index in [1.165, 1.54) is 7.11 Å². The molecule has 6 nitrogen and oxygen atoms in total. The van der Waals surface area contributed by atoms with E-state index in [1.54, 1.807) is 49.3 Å². The zero-order valence-electron chi connectivity index (χ0n) is 15.2. The number of methoxy groups -OCH3 is 1. The van der Waals surface area contributed by atoms with Crippen LogP contribution in [0, 0.1) is 0 Å². The lowest BCUT2D eigenvalue weighted by Gasteiger charge is -2.13. The maximum absolute atomic E-state index is 12.4. The Hall–Kier alpha value is -2.45. The van der Waals surface area contributed by atoms with Gasteiger partial charge in [0.05, 0.1) is 19.1 Å². The van der Waals surface area contributed by atoms with E-state index in [1.807, 2.05) is 12.1 Å². The van der Waals surface area contributed by atoms with Gasteiger partial charge < -0.3 is 15.0 Å². The molecule has 142 valence electrons. The summed E-state index contributed by atoms with van der Waals surface area (Å²) >= 11 is 8.54. The molecule has 2 aromatic carbocycles. The number of carbonyl (C=O) groups excluding carboxylic acids is 2. The van der Waals surface area contributed by atoms with Crippen molar-refractivity contribution in [1.82, 2.24) is 10.2 Å². The number of ether oxygens (including phenoxy) is 1. The highest BCUT2D eigenvalue weighted by Crippen LogP contribution is 2.22. The number of nitrogens with zero attached hydrogens (tertiary/aromatic N) is 1. The van der Waals surface area contributed by atoms with Crippen molar-refractivity contribution in [1.29, 1.82) is 0 Å². The summed E-state index contributed by atoms with van der Waals surface area (Å²) in [5, 5.41) is 5.74. The fraction of sp³-hybridized carbons (Fsp3) is 0.211. The van der Waals surface area contributed by atoms with E-state index in [9.17, 15) is 9.59 Å². The number of halogens is 1.